The van der Waals surface area contributed by atoms with Gasteiger partial charge in [-0.3, -0.25) is 0 Å². The smallest absolute Gasteiger partial charge is 0.225 e. The molecule has 0 bridgehead atoms. The summed E-state index contributed by atoms with van der Waals surface area (Å²) >= 11 is 0. The van der Waals surface area contributed by atoms with Crippen molar-refractivity contribution >= 4 is 28.4 Å². The number of fused-ring (bicyclic) bond motifs is 1. The molecule has 0 unspecified atom stereocenters. The van der Waals surface area contributed by atoms with Crippen LogP contribution in [0.15, 0.2) is 47.6 Å². The van der Waals surface area contributed by atoms with E-state index in [9.17, 15) is 4.91 Å². The van der Waals surface area contributed by atoms with E-state index in [0.717, 1.165) is 61.1 Å². The Bertz CT molecular complexity index is 1100. The molecule has 1 aliphatic rings. The monoisotopic (exact) mass is 448 g/mol. The second kappa shape index (κ2) is 10.6. The number of nitroso groups, excluding NO2 is 1. The Kier molecular flexibility index (Phi) is 7.34. The van der Waals surface area contributed by atoms with Gasteiger partial charge >= 0.3 is 0 Å². The molecule has 0 aliphatic heterocycles. The summed E-state index contributed by atoms with van der Waals surface area (Å²) in [5.74, 6) is 2.82. The normalized spacial score (nSPS) is 18.2. The van der Waals surface area contributed by atoms with Gasteiger partial charge in [-0.25, -0.2) is 4.98 Å². The van der Waals surface area contributed by atoms with E-state index in [1.165, 1.54) is 0 Å². The minimum Gasteiger partial charge on any atom is -0.494 e. The first-order chi connectivity index (χ1) is 16.1. The fourth-order valence-corrected chi connectivity index (χ4v) is 4.49. The molecule has 33 heavy (non-hydrogen) atoms. The molecule has 1 aromatic heterocycles. The van der Waals surface area contributed by atoms with E-state index >= 15 is 0 Å². The van der Waals surface area contributed by atoms with E-state index in [1.807, 2.05) is 49.3 Å². The zero-order chi connectivity index (χ0) is 23.2. The number of para-hydroxylation sites is 1. The molecule has 0 spiro atoms. The second-order valence-corrected chi connectivity index (χ2v) is 8.87. The summed E-state index contributed by atoms with van der Waals surface area (Å²) in [6, 6.07) is 14.0. The van der Waals surface area contributed by atoms with Gasteiger partial charge in [0.25, 0.3) is 0 Å². The maximum Gasteiger partial charge on any atom is 0.225 e. The number of hydrogen-bond acceptors (Lipinski definition) is 8. The highest BCUT2D eigenvalue weighted by atomic mass is 16.5. The van der Waals surface area contributed by atoms with Crippen molar-refractivity contribution in [3.8, 4) is 5.75 Å². The molecule has 1 saturated carbocycles. The summed E-state index contributed by atoms with van der Waals surface area (Å²) in [6.07, 6.45) is 4.53. The molecule has 1 fully saturated rings. The molecule has 3 aromatic rings. The highest BCUT2D eigenvalue weighted by Gasteiger charge is 2.22. The first kappa shape index (κ1) is 22.9. The Morgan fingerprint density at radius 3 is 2.61 bits per heavy atom. The quantitative estimate of drug-likeness (QED) is 0.452. The Morgan fingerprint density at radius 1 is 1.09 bits per heavy atom. The standard InChI is InChI=1S/C25H32N6O2/c1-31(2)24-20-6-4-5-7-21(20)28-25(29-24)27-19-11-8-17(9-12-19)15-26-16-18-10-13-22(30-32)23(14-18)33-3/h4-7,10,13-14,17,19,26H,8-9,11-12,15-16H2,1-3H3,(H,27,28,29). The summed E-state index contributed by atoms with van der Waals surface area (Å²) < 4.78 is 5.24. The van der Waals surface area contributed by atoms with Crippen LogP contribution in [-0.4, -0.2) is 43.8 Å². The molecule has 2 aromatic carbocycles. The van der Waals surface area contributed by atoms with Gasteiger partial charge in [0.15, 0.2) is 0 Å². The molecule has 0 saturated heterocycles. The molecule has 2 N–H and O–H groups in total. The van der Waals surface area contributed by atoms with Crippen LogP contribution in [0.25, 0.3) is 10.9 Å². The van der Waals surface area contributed by atoms with Crippen molar-refractivity contribution in [2.24, 2.45) is 11.1 Å². The summed E-state index contributed by atoms with van der Waals surface area (Å²) in [5, 5.41) is 11.2. The molecule has 1 heterocycles. The molecule has 1 aliphatic carbocycles. The zero-order valence-electron chi connectivity index (χ0n) is 19.5. The average molecular weight is 449 g/mol. The Morgan fingerprint density at radius 2 is 1.88 bits per heavy atom. The van der Waals surface area contributed by atoms with Crippen LogP contribution in [0, 0.1) is 10.8 Å². The van der Waals surface area contributed by atoms with Gasteiger partial charge in [-0.05, 0) is 73.2 Å². The van der Waals surface area contributed by atoms with E-state index in [2.05, 4.69) is 21.9 Å². The lowest BCUT2D eigenvalue weighted by Crippen LogP contribution is -2.31. The number of rotatable bonds is 9. The van der Waals surface area contributed by atoms with Gasteiger partial charge in [0, 0.05) is 32.1 Å². The molecule has 0 radical (unpaired) electrons. The Balaban J connectivity index is 1.28. The number of ether oxygens (including phenoxy) is 1. The maximum atomic E-state index is 10.8. The van der Waals surface area contributed by atoms with Crippen LogP contribution in [0.2, 0.25) is 0 Å². The van der Waals surface area contributed by atoms with Crippen molar-refractivity contribution in [1.82, 2.24) is 15.3 Å². The molecule has 174 valence electrons. The Labute approximate surface area is 194 Å². The highest BCUT2D eigenvalue weighted by molar-refractivity contribution is 5.90. The van der Waals surface area contributed by atoms with E-state index < -0.39 is 0 Å². The lowest BCUT2D eigenvalue weighted by atomic mass is 9.86. The third-order valence-electron chi connectivity index (χ3n) is 6.29. The zero-order valence-corrected chi connectivity index (χ0v) is 19.5. The molecule has 8 heteroatoms. The lowest BCUT2D eigenvalue weighted by Gasteiger charge is -2.29. The third-order valence-corrected chi connectivity index (χ3v) is 6.29. The summed E-state index contributed by atoms with van der Waals surface area (Å²) in [7, 11) is 5.58. The fourth-order valence-electron chi connectivity index (χ4n) is 4.49. The number of hydrogen-bond donors (Lipinski definition) is 2. The minimum absolute atomic E-state index is 0.333. The largest absolute Gasteiger partial charge is 0.494 e. The molecular weight excluding hydrogens is 416 g/mol. The predicted molar refractivity (Wildman–Crippen MR) is 133 cm³/mol. The van der Waals surface area contributed by atoms with Crippen molar-refractivity contribution in [2.75, 3.05) is 38.0 Å². The fraction of sp³-hybridized carbons (Fsp3) is 0.440. The number of benzene rings is 2. The third kappa shape index (κ3) is 5.57. The van der Waals surface area contributed by atoms with Crippen LogP contribution >= 0.6 is 0 Å². The van der Waals surface area contributed by atoms with Gasteiger partial charge in [0.1, 0.15) is 17.3 Å². The summed E-state index contributed by atoms with van der Waals surface area (Å²) in [4.78, 5) is 22.4. The van der Waals surface area contributed by atoms with E-state index in [-0.39, 0.29) is 0 Å². The maximum absolute atomic E-state index is 10.8. The SMILES string of the molecule is COc1cc(CNCC2CCC(Nc3nc(N(C)C)c4ccccc4n3)CC2)ccc1N=O. The predicted octanol–water partition coefficient (Wildman–Crippen LogP) is 4.86. The number of nitrogens with zero attached hydrogens (tertiary/aromatic N) is 4. The van der Waals surface area contributed by atoms with Crippen LogP contribution in [0.1, 0.15) is 31.2 Å². The highest BCUT2D eigenvalue weighted by Crippen LogP contribution is 2.29. The first-order valence-electron chi connectivity index (χ1n) is 11.5. The first-order valence-corrected chi connectivity index (χ1v) is 11.5. The van der Waals surface area contributed by atoms with Crippen LogP contribution < -0.4 is 20.3 Å². The van der Waals surface area contributed by atoms with Crippen LogP contribution in [-0.2, 0) is 6.54 Å². The average Bonchev–Trinajstić information content (AvgIpc) is 2.84. The van der Waals surface area contributed by atoms with Crippen LogP contribution in [0.5, 0.6) is 5.75 Å². The van der Waals surface area contributed by atoms with Crippen molar-refractivity contribution in [2.45, 2.75) is 38.3 Å². The van der Waals surface area contributed by atoms with Gasteiger partial charge < -0.3 is 20.3 Å². The number of nitrogens with one attached hydrogen (secondary N) is 2. The second-order valence-electron chi connectivity index (χ2n) is 8.87. The van der Waals surface area contributed by atoms with Gasteiger partial charge in [0.2, 0.25) is 5.95 Å². The van der Waals surface area contributed by atoms with E-state index in [4.69, 9.17) is 14.7 Å². The lowest BCUT2D eigenvalue weighted by molar-refractivity contribution is 0.323. The molecule has 8 nitrogen and oxygen atoms in total. The summed E-state index contributed by atoms with van der Waals surface area (Å²) in [5.41, 5.74) is 2.38. The van der Waals surface area contributed by atoms with Gasteiger partial charge in [0.05, 0.1) is 12.6 Å². The van der Waals surface area contributed by atoms with E-state index in [1.54, 1.807) is 13.2 Å². The van der Waals surface area contributed by atoms with Crippen molar-refractivity contribution in [3.05, 3.63) is 52.9 Å². The van der Waals surface area contributed by atoms with Crippen molar-refractivity contribution in [3.63, 3.8) is 0 Å². The number of aromatic nitrogens is 2. The summed E-state index contributed by atoms with van der Waals surface area (Å²) in [6.45, 7) is 1.71. The van der Waals surface area contributed by atoms with Crippen LogP contribution in [0.4, 0.5) is 17.5 Å². The van der Waals surface area contributed by atoms with E-state index in [0.29, 0.717) is 29.3 Å². The molecule has 0 amide bonds. The topological polar surface area (TPSA) is 91.7 Å². The van der Waals surface area contributed by atoms with Crippen molar-refractivity contribution < 1.29 is 4.74 Å². The number of anilines is 2. The van der Waals surface area contributed by atoms with Crippen LogP contribution in [0.3, 0.4) is 0 Å². The number of methoxy groups -OCH3 is 1. The molecular formula is C25H32N6O2. The van der Waals surface area contributed by atoms with Crippen molar-refractivity contribution in [1.29, 1.82) is 0 Å². The van der Waals surface area contributed by atoms with Gasteiger partial charge in [-0.2, -0.15) is 4.98 Å². The van der Waals surface area contributed by atoms with Gasteiger partial charge in [-0.15, -0.1) is 4.91 Å². The molecule has 4 rings (SSSR count). The minimum atomic E-state index is 0.333. The Hall–Kier alpha value is -3.26. The molecule has 0 atom stereocenters. The van der Waals surface area contributed by atoms with Gasteiger partial charge in [-0.1, -0.05) is 18.2 Å².